The van der Waals surface area contributed by atoms with Gasteiger partial charge in [0.25, 0.3) is 0 Å². The maximum absolute atomic E-state index is 13.2. The van der Waals surface area contributed by atoms with E-state index in [1.165, 1.54) is 13.2 Å². The lowest BCUT2D eigenvalue weighted by atomic mass is 9.90. The molecule has 1 aliphatic rings. The van der Waals surface area contributed by atoms with Gasteiger partial charge in [-0.15, -0.1) is 0 Å². The number of carbonyl (C=O) groups is 1. The zero-order chi connectivity index (χ0) is 24.0. The van der Waals surface area contributed by atoms with Gasteiger partial charge in [-0.25, -0.2) is 9.78 Å². The van der Waals surface area contributed by atoms with Crippen molar-refractivity contribution >= 4 is 11.6 Å². The molecule has 3 heterocycles. The number of esters is 1. The van der Waals surface area contributed by atoms with E-state index in [1.807, 2.05) is 12.1 Å². The number of imidazole rings is 1. The van der Waals surface area contributed by atoms with Gasteiger partial charge >= 0.3 is 12.6 Å². The first kappa shape index (κ1) is 22.9. The number of halogens is 2. The van der Waals surface area contributed by atoms with Gasteiger partial charge in [0, 0.05) is 11.8 Å². The summed E-state index contributed by atoms with van der Waals surface area (Å²) in [7, 11) is 1.33. The lowest BCUT2D eigenvalue weighted by Gasteiger charge is -2.38. The van der Waals surface area contributed by atoms with Gasteiger partial charge < -0.3 is 24.7 Å². The zero-order valence-electron chi connectivity index (χ0n) is 18.7. The second-order valence-corrected chi connectivity index (χ2v) is 8.87. The van der Waals surface area contributed by atoms with Crippen molar-refractivity contribution in [2.45, 2.75) is 38.5 Å². The Morgan fingerprint density at radius 1 is 1.24 bits per heavy atom. The number of hydrogen-bond acceptors (Lipinski definition) is 7. The van der Waals surface area contributed by atoms with E-state index in [0.29, 0.717) is 30.1 Å². The molecule has 1 saturated heterocycles. The molecule has 3 aromatic rings. The van der Waals surface area contributed by atoms with Crippen molar-refractivity contribution in [3.8, 4) is 22.8 Å². The number of aromatic nitrogens is 2. The molecule has 176 valence electrons. The number of hydrogen-bond donors (Lipinski definition) is 1. The minimum Gasteiger partial charge on any atom is -0.496 e. The van der Waals surface area contributed by atoms with Crippen LogP contribution in [0.3, 0.4) is 0 Å². The number of rotatable bonds is 6. The molecule has 1 aliphatic heterocycles. The summed E-state index contributed by atoms with van der Waals surface area (Å²) in [5.74, 6) is -1.15. The summed E-state index contributed by atoms with van der Waals surface area (Å²) >= 11 is 0. The van der Waals surface area contributed by atoms with Gasteiger partial charge in [-0.1, -0.05) is 0 Å². The van der Waals surface area contributed by atoms with Crippen LogP contribution in [0.5, 0.6) is 11.5 Å². The Labute approximate surface area is 189 Å². The summed E-state index contributed by atoms with van der Waals surface area (Å²) in [5.41, 5.74) is 7.26. The van der Waals surface area contributed by atoms with E-state index in [-0.39, 0.29) is 17.1 Å². The van der Waals surface area contributed by atoms with Crippen molar-refractivity contribution < 1.29 is 32.5 Å². The summed E-state index contributed by atoms with van der Waals surface area (Å²) < 4.78 is 48.8. The van der Waals surface area contributed by atoms with Crippen LogP contribution in [0.1, 0.15) is 36.7 Å². The predicted octanol–water partition coefficient (Wildman–Crippen LogP) is 3.75. The topological polar surface area (TPSA) is 97.3 Å². The fourth-order valence-electron chi connectivity index (χ4n) is 3.61. The van der Waals surface area contributed by atoms with Crippen LogP contribution in [0.4, 0.5) is 8.78 Å². The second-order valence-electron chi connectivity index (χ2n) is 8.87. The third-order valence-corrected chi connectivity index (χ3v) is 5.21. The van der Waals surface area contributed by atoms with Crippen molar-refractivity contribution in [1.82, 2.24) is 9.38 Å². The van der Waals surface area contributed by atoms with E-state index in [0.717, 1.165) is 5.56 Å². The largest absolute Gasteiger partial charge is 0.496 e. The van der Waals surface area contributed by atoms with Gasteiger partial charge in [0.15, 0.2) is 0 Å². The highest BCUT2D eigenvalue weighted by Crippen LogP contribution is 2.38. The zero-order valence-corrected chi connectivity index (χ0v) is 18.7. The van der Waals surface area contributed by atoms with Crippen molar-refractivity contribution in [2.75, 3.05) is 20.3 Å². The van der Waals surface area contributed by atoms with E-state index in [2.05, 4.69) is 9.72 Å². The fraction of sp³-hybridized carbons (Fsp3) is 0.391. The third kappa shape index (κ3) is 4.49. The second kappa shape index (κ2) is 8.27. The lowest BCUT2D eigenvalue weighted by molar-refractivity contribution is -0.0569. The number of fused-ring (bicyclic) bond motifs is 1. The molecule has 0 aliphatic carbocycles. The monoisotopic (exact) mass is 461 g/mol. The molecule has 0 atom stereocenters. The summed E-state index contributed by atoms with van der Waals surface area (Å²) in [6.45, 7) is 2.72. The first-order chi connectivity index (χ1) is 15.5. The number of pyridine rings is 1. The molecule has 0 bridgehead atoms. The molecule has 2 N–H and O–H groups in total. The Hall–Kier alpha value is -3.24. The summed E-state index contributed by atoms with van der Waals surface area (Å²) in [5, 5.41) is 0. The van der Waals surface area contributed by atoms with Gasteiger partial charge in [-0.05, 0) is 50.6 Å². The Bertz CT molecular complexity index is 1200. The van der Waals surface area contributed by atoms with Crippen molar-refractivity contribution in [3.63, 3.8) is 0 Å². The summed E-state index contributed by atoms with van der Waals surface area (Å²) in [4.78, 5) is 17.2. The minimum atomic E-state index is -3.15. The molecule has 2 aromatic heterocycles. The molecule has 0 radical (unpaired) electrons. The number of benzene rings is 1. The smallest absolute Gasteiger partial charge is 0.387 e. The molecule has 1 fully saturated rings. The number of methoxy groups -OCH3 is 1. The highest BCUT2D eigenvalue weighted by molar-refractivity contribution is 5.97. The molecule has 0 unspecified atom stereocenters. The highest BCUT2D eigenvalue weighted by Gasteiger charge is 2.36. The number of carbonyl (C=O) groups excluding carboxylic acids is 1. The predicted molar refractivity (Wildman–Crippen MR) is 116 cm³/mol. The molecule has 8 nitrogen and oxygen atoms in total. The van der Waals surface area contributed by atoms with Crippen LogP contribution in [0.2, 0.25) is 0 Å². The molecule has 1 aromatic carbocycles. The van der Waals surface area contributed by atoms with Crippen molar-refractivity contribution in [2.24, 2.45) is 5.73 Å². The third-order valence-electron chi connectivity index (χ3n) is 5.21. The van der Waals surface area contributed by atoms with Crippen LogP contribution < -0.4 is 15.2 Å². The molecule has 0 spiro atoms. The minimum absolute atomic E-state index is 0.0384. The number of nitrogens with two attached hydrogens (primary N) is 1. The molecule has 10 heteroatoms. The average Bonchev–Trinajstić information content (AvgIpc) is 3.12. The van der Waals surface area contributed by atoms with Crippen LogP contribution >= 0.6 is 0 Å². The fourth-order valence-corrected chi connectivity index (χ4v) is 3.61. The number of nitrogens with zero attached hydrogens (tertiary/aromatic N) is 2. The Morgan fingerprint density at radius 2 is 1.94 bits per heavy atom. The molecule has 4 rings (SSSR count). The van der Waals surface area contributed by atoms with Gasteiger partial charge in [-0.3, -0.25) is 4.40 Å². The quantitative estimate of drug-likeness (QED) is 0.559. The van der Waals surface area contributed by atoms with Crippen molar-refractivity contribution in [3.05, 3.63) is 47.8 Å². The highest BCUT2D eigenvalue weighted by atomic mass is 19.3. The van der Waals surface area contributed by atoms with Crippen LogP contribution in [-0.4, -0.2) is 47.9 Å². The van der Waals surface area contributed by atoms with Crippen LogP contribution in [0.15, 0.2) is 36.7 Å². The number of alkyl halides is 2. The van der Waals surface area contributed by atoms with Crippen LogP contribution in [0.25, 0.3) is 16.9 Å². The summed E-state index contributed by atoms with van der Waals surface area (Å²) in [6.07, 6.45) is 3.38. The van der Waals surface area contributed by atoms with Gasteiger partial charge in [-0.2, -0.15) is 8.78 Å². The van der Waals surface area contributed by atoms with Gasteiger partial charge in [0.1, 0.15) is 28.3 Å². The van der Waals surface area contributed by atoms with E-state index in [9.17, 15) is 13.6 Å². The van der Waals surface area contributed by atoms with E-state index in [1.54, 1.807) is 43.6 Å². The van der Waals surface area contributed by atoms with E-state index < -0.39 is 23.7 Å². The van der Waals surface area contributed by atoms with Crippen LogP contribution in [-0.2, 0) is 15.0 Å². The number of ether oxygens (including phenoxy) is 4. The standard InChI is InChI=1S/C23H25F2N3O5/c1-22(2,3)33-20(29)19-16(30-4)7-13(8-17(19)32-21(24)25)15-10-27-18-9-14(5-6-28(15)18)23(26)11-31-12-23/h5-10,21H,11-12,26H2,1-4H3. The van der Waals surface area contributed by atoms with E-state index >= 15 is 0 Å². The van der Waals surface area contributed by atoms with Crippen molar-refractivity contribution in [1.29, 1.82) is 0 Å². The Kier molecular flexibility index (Phi) is 5.75. The maximum Gasteiger partial charge on any atom is 0.387 e. The van der Waals surface area contributed by atoms with Gasteiger partial charge in [0.2, 0.25) is 0 Å². The molecule has 0 saturated carbocycles. The molecule has 0 amide bonds. The maximum atomic E-state index is 13.2. The van der Waals surface area contributed by atoms with Crippen LogP contribution in [0, 0.1) is 0 Å². The van der Waals surface area contributed by atoms with E-state index in [4.69, 9.17) is 19.9 Å². The first-order valence-electron chi connectivity index (χ1n) is 10.3. The molecule has 33 heavy (non-hydrogen) atoms. The normalized spacial score (nSPS) is 15.4. The Balaban J connectivity index is 1.81. The SMILES string of the molecule is COc1cc(-c2cnc3cc(C4(N)COC4)ccn23)cc(OC(F)F)c1C(=O)OC(C)(C)C. The first-order valence-corrected chi connectivity index (χ1v) is 10.3. The molecular formula is C23H25F2N3O5. The average molecular weight is 461 g/mol. The van der Waals surface area contributed by atoms with Gasteiger partial charge in [0.05, 0.1) is 37.8 Å². The Morgan fingerprint density at radius 3 is 2.52 bits per heavy atom. The lowest BCUT2D eigenvalue weighted by Crippen LogP contribution is -2.54. The molecular weight excluding hydrogens is 436 g/mol. The summed E-state index contributed by atoms with van der Waals surface area (Å²) in [6, 6.07) is 6.62.